The predicted octanol–water partition coefficient (Wildman–Crippen LogP) is 0.133. The lowest BCUT2D eigenvalue weighted by Gasteiger charge is -1.91. The van der Waals surface area contributed by atoms with E-state index in [4.69, 9.17) is 5.26 Å². The van der Waals surface area contributed by atoms with E-state index in [1.54, 1.807) is 12.1 Å². The van der Waals surface area contributed by atoms with Gasteiger partial charge in [0.15, 0.2) is 0 Å². The molecule has 2 aromatic heterocycles. The second-order valence-corrected chi connectivity index (χ2v) is 2.28. The highest BCUT2D eigenvalue weighted by molar-refractivity contribution is 5.48. The summed E-state index contributed by atoms with van der Waals surface area (Å²) in [5, 5.41) is 21.7. The third-order valence-corrected chi connectivity index (χ3v) is 1.47. The highest BCUT2D eigenvalue weighted by Gasteiger charge is 2.02. The van der Waals surface area contributed by atoms with Crippen molar-refractivity contribution in [3.8, 4) is 17.6 Å². The lowest BCUT2D eigenvalue weighted by Crippen LogP contribution is -1.86. The second-order valence-electron chi connectivity index (χ2n) is 2.28. The van der Waals surface area contributed by atoms with Crippen LogP contribution < -0.4 is 0 Å². The topological polar surface area (TPSA) is 91.1 Å². The van der Waals surface area contributed by atoms with Gasteiger partial charge in [-0.05, 0) is 17.3 Å². The molecule has 62 valence electrons. The molecule has 0 aromatic carbocycles. The molecule has 13 heavy (non-hydrogen) atoms. The molecule has 6 nitrogen and oxygen atoms in total. The van der Waals surface area contributed by atoms with Crippen LogP contribution in [0.1, 0.15) is 5.56 Å². The minimum Gasteiger partial charge on any atom is -0.251 e. The smallest absolute Gasteiger partial charge is 0.222 e. The summed E-state index contributed by atoms with van der Waals surface area (Å²) in [6, 6.07) is 5.29. The number of nitrogens with one attached hydrogen (secondary N) is 1. The van der Waals surface area contributed by atoms with Gasteiger partial charge in [0.2, 0.25) is 5.82 Å². The van der Waals surface area contributed by atoms with Crippen LogP contribution in [-0.4, -0.2) is 25.6 Å². The highest BCUT2D eigenvalue weighted by Crippen LogP contribution is 2.08. The molecule has 2 aromatic rings. The van der Waals surface area contributed by atoms with Crippen molar-refractivity contribution in [2.75, 3.05) is 0 Å². The van der Waals surface area contributed by atoms with Crippen LogP contribution in [0.25, 0.3) is 11.5 Å². The van der Waals surface area contributed by atoms with Gasteiger partial charge < -0.3 is 0 Å². The third kappa shape index (κ3) is 1.35. The van der Waals surface area contributed by atoms with E-state index in [1.807, 2.05) is 6.07 Å². The van der Waals surface area contributed by atoms with Crippen LogP contribution in [0.15, 0.2) is 18.3 Å². The Labute approximate surface area is 73.2 Å². The first-order chi connectivity index (χ1) is 6.40. The Morgan fingerprint density at radius 3 is 2.85 bits per heavy atom. The average molecular weight is 172 g/mol. The van der Waals surface area contributed by atoms with Crippen molar-refractivity contribution in [1.82, 2.24) is 25.6 Å². The van der Waals surface area contributed by atoms with Crippen molar-refractivity contribution in [2.45, 2.75) is 0 Å². The van der Waals surface area contributed by atoms with Crippen LogP contribution in [0.5, 0.6) is 0 Å². The van der Waals surface area contributed by atoms with E-state index in [0.717, 1.165) is 0 Å². The molecular formula is C7H4N6. The fraction of sp³-hybridized carbons (Fsp3) is 0. The van der Waals surface area contributed by atoms with Gasteiger partial charge in [-0.25, -0.2) is 0 Å². The molecule has 6 heteroatoms. The molecular weight excluding hydrogens is 168 g/mol. The maximum Gasteiger partial charge on any atom is 0.222 e. The quantitative estimate of drug-likeness (QED) is 0.660. The zero-order chi connectivity index (χ0) is 9.10. The van der Waals surface area contributed by atoms with Crippen molar-refractivity contribution < 1.29 is 0 Å². The van der Waals surface area contributed by atoms with Gasteiger partial charge in [-0.3, -0.25) is 4.98 Å². The van der Waals surface area contributed by atoms with E-state index >= 15 is 0 Å². The van der Waals surface area contributed by atoms with Crippen molar-refractivity contribution in [3.63, 3.8) is 0 Å². The number of nitriles is 1. The average Bonchev–Trinajstić information content (AvgIpc) is 2.71. The molecule has 2 rings (SSSR count). The summed E-state index contributed by atoms with van der Waals surface area (Å²) in [5.74, 6) is 0.421. The molecule has 0 saturated heterocycles. The standard InChI is InChI=1S/C7H4N6/c8-3-5-1-2-6(9-4-5)7-10-12-13-11-7/h1-2,4H,(H,10,11,12,13). The molecule has 0 amide bonds. The van der Waals surface area contributed by atoms with E-state index in [-0.39, 0.29) is 0 Å². The van der Waals surface area contributed by atoms with Gasteiger partial charge in [0, 0.05) is 6.20 Å². The minimum atomic E-state index is 0.421. The van der Waals surface area contributed by atoms with Gasteiger partial charge in [0.1, 0.15) is 11.8 Å². The molecule has 0 atom stereocenters. The van der Waals surface area contributed by atoms with E-state index in [1.165, 1.54) is 6.20 Å². The fourth-order valence-electron chi connectivity index (χ4n) is 0.863. The molecule has 0 aliphatic heterocycles. The fourth-order valence-corrected chi connectivity index (χ4v) is 0.863. The molecule has 2 heterocycles. The van der Waals surface area contributed by atoms with Crippen molar-refractivity contribution in [2.24, 2.45) is 0 Å². The van der Waals surface area contributed by atoms with Gasteiger partial charge in [-0.2, -0.15) is 10.5 Å². The van der Waals surface area contributed by atoms with Crippen molar-refractivity contribution >= 4 is 0 Å². The van der Waals surface area contributed by atoms with Crippen LogP contribution >= 0.6 is 0 Å². The maximum atomic E-state index is 8.52. The summed E-state index contributed by atoms with van der Waals surface area (Å²) >= 11 is 0. The van der Waals surface area contributed by atoms with Crippen LogP contribution in [0, 0.1) is 11.3 Å². The van der Waals surface area contributed by atoms with Gasteiger partial charge >= 0.3 is 0 Å². The van der Waals surface area contributed by atoms with Gasteiger partial charge in [-0.15, -0.1) is 10.2 Å². The van der Waals surface area contributed by atoms with Crippen LogP contribution in [0.4, 0.5) is 0 Å². The van der Waals surface area contributed by atoms with Crippen molar-refractivity contribution in [3.05, 3.63) is 23.9 Å². The number of pyridine rings is 1. The third-order valence-electron chi connectivity index (χ3n) is 1.47. The monoisotopic (exact) mass is 172 g/mol. The maximum absolute atomic E-state index is 8.52. The number of H-pyrrole nitrogens is 1. The number of rotatable bonds is 1. The molecule has 0 aliphatic carbocycles. The second kappa shape index (κ2) is 2.98. The summed E-state index contributed by atoms with van der Waals surface area (Å²) in [7, 11) is 0. The molecule has 0 bridgehead atoms. The summed E-state index contributed by atoms with van der Waals surface area (Å²) < 4.78 is 0. The first kappa shape index (κ1) is 7.36. The van der Waals surface area contributed by atoms with Crippen LogP contribution in [-0.2, 0) is 0 Å². The van der Waals surface area contributed by atoms with E-state index in [0.29, 0.717) is 17.1 Å². The molecule has 0 aliphatic rings. The van der Waals surface area contributed by atoms with Gasteiger partial charge in [0.25, 0.3) is 0 Å². The number of nitrogens with zero attached hydrogens (tertiary/aromatic N) is 5. The Kier molecular flexibility index (Phi) is 1.69. The SMILES string of the molecule is N#Cc1ccc(-c2nn[nH]n2)nc1. The highest BCUT2D eigenvalue weighted by atomic mass is 15.5. The van der Waals surface area contributed by atoms with Crippen LogP contribution in [0.3, 0.4) is 0 Å². The largest absolute Gasteiger partial charge is 0.251 e. The molecule has 0 unspecified atom stereocenters. The number of hydrogen-bond donors (Lipinski definition) is 1. The van der Waals surface area contributed by atoms with Crippen molar-refractivity contribution in [1.29, 1.82) is 5.26 Å². The zero-order valence-corrected chi connectivity index (χ0v) is 6.47. The number of aromatic nitrogens is 5. The Balaban J connectivity index is 2.40. The molecule has 0 fully saturated rings. The molecule has 1 N–H and O–H groups in total. The Bertz CT molecular complexity index is 423. The summed E-state index contributed by atoms with van der Waals surface area (Å²) in [4.78, 5) is 3.98. The number of hydrogen-bond acceptors (Lipinski definition) is 5. The Morgan fingerprint density at radius 1 is 1.38 bits per heavy atom. The summed E-state index contributed by atoms with van der Waals surface area (Å²) in [6.07, 6.45) is 1.46. The minimum absolute atomic E-state index is 0.421. The van der Waals surface area contributed by atoms with Gasteiger partial charge in [0.05, 0.1) is 5.56 Å². The normalized spacial score (nSPS) is 9.46. The first-order valence-electron chi connectivity index (χ1n) is 3.50. The Hall–Kier alpha value is -2.29. The first-order valence-corrected chi connectivity index (χ1v) is 3.50. The predicted molar refractivity (Wildman–Crippen MR) is 42.1 cm³/mol. The summed E-state index contributed by atoms with van der Waals surface area (Å²) in [6.45, 7) is 0. The van der Waals surface area contributed by atoms with Crippen LogP contribution in [0.2, 0.25) is 0 Å². The Morgan fingerprint density at radius 2 is 2.31 bits per heavy atom. The lowest BCUT2D eigenvalue weighted by atomic mass is 10.2. The number of tetrazole rings is 1. The lowest BCUT2D eigenvalue weighted by molar-refractivity contribution is 0.881. The van der Waals surface area contributed by atoms with E-state index in [9.17, 15) is 0 Å². The molecule has 0 radical (unpaired) electrons. The van der Waals surface area contributed by atoms with Gasteiger partial charge in [-0.1, -0.05) is 0 Å². The summed E-state index contributed by atoms with van der Waals surface area (Å²) in [5.41, 5.74) is 1.10. The number of aromatic amines is 1. The molecule has 0 saturated carbocycles. The van der Waals surface area contributed by atoms with E-state index in [2.05, 4.69) is 25.6 Å². The zero-order valence-electron chi connectivity index (χ0n) is 6.47. The van der Waals surface area contributed by atoms with E-state index < -0.39 is 0 Å². The molecule has 0 spiro atoms.